The van der Waals surface area contributed by atoms with Crippen LogP contribution in [0, 0.1) is 0 Å². The van der Waals surface area contributed by atoms with Gasteiger partial charge in [0.05, 0.1) is 16.8 Å². The molecule has 1 atom stereocenters. The zero-order valence-electron chi connectivity index (χ0n) is 11.7. The van der Waals surface area contributed by atoms with Gasteiger partial charge in [-0.2, -0.15) is 13.2 Å². The van der Waals surface area contributed by atoms with Crippen LogP contribution in [0.4, 0.5) is 24.5 Å². The third-order valence-electron chi connectivity index (χ3n) is 3.60. The first-order valence-electron chi connectivity index (χ1n) is 6.75. The van der Waals surface area contributed by atoms with Crippen molar-refractivity contribution in [3.63, 3.8) is 0 Å². The standard InChI is InChI=1S/C16H13F3N2O/c1-10-20-13-8-4-2-6-11(13)15(22)21(10)14-9-5-3-7-12(14)16(17,18)19/h2-10,20H,1H3/t10-/m1/s1. The zero-order chi connectivity index (χ0) is 15.9. The van der Waals surface area contributed by atoms with Gasteiger partial charge < -0.3 is 5.32 Å². The molecule has 6 heteroatoms. The Labute approximate surface area is 125 Å². The highest BCUT2D eigenvalue weighted by Crippen LogP contribution is 2.39. The second-order valence-corrected chi connectivity index (χ2v) is 5.06. The number of halogens is 3. The maximum absolute atomic E-state index is 13.2. The fourth-order valence-corrected chi connectivity index (χ4v) is 2.63. The molecule has 1 aliphatic heterocycles. The molecule has 1 N–H and O–H groups in total. The Hall–Kier alpha value is -2.50. The number of amides is 1. The lowest BCUT2D eigenvalue weighted by molar-refractivity contribution is -0.137. The van der Waals surface area contributed by atoms with Gasteiger partial charge in [-0.3, -0.25) is 9.69 Å². The van der Waals surface area contributed by atoms with Crippen LogP contribution in [-0.2, 0) is 6.18 Å². The van der Waals surface area contributed by atoms with Crippen LogP contribution in [0.2, 0.25) is 0 Å². The molecule has 3 rings (SSSR count). The first-order valence-corrected chi connectivity index (χ1v) is 6.75. The molecule has 0 bridgehead atoms. The van der Waals surface area contributed by atoms with Crippen molar-refractivity contribution in [1.82, 2.24) is 0 Å². The van der Waals surface area contributed by atoms with Crippen LogP contribution in [0.5, 0.6) is 0 Å². The lowest BCUT2D eigenvalue weighted by Gasteiger charge is -2.37. The smallest absolute Gasteiger partial charge is 0.364 e. The number of nitrogens with one attached hydrogen (secondary N) is 1. The summed E-state index contributed by atoms with van der Waals surface area (Å²) in [4.78, 5) is 13.8. The van der Waals surface area contributed by atoms with Gasteiger partial charge in [0.25, 0.3) is 5.91 Å². The van der Waals surface area contributed by atoms with Crippen LogP contribution >= 0.6 is 0 Å². The van der Waals surface area contributed by atoms with E-state index in [1.54, 1.807) is 31.2 Å². The van der Waals surface area contributed by atoms with Crippen LogP contribution in [0.3, 0.4) is 0 Å². The number of para-hydroxylation sites is 2. The monoisotopic (exact) mass is 306 g/mol. The number of benzene rings is 2. The molecule has 0 spiro atoms. The molecule has 0 radical (unpaired) electrons. The van der Waals surface area contributed by atoms with Crippen molar-refractivity contribution in [3.8, 4) is 0 Å². The molecule has 1 heterocycles. The molecule has 22 heavy (non-hydrogen) atoms. The van der Waals surface area contributed by atoms with Crippen LogP contribution in [-0.4, -0.2) is 12.1 Å². The lowest BCUT2D eigenvalue weighted by atomic mass is 10.0. The number of carbonyl (C=O) groups is 1. The molecule has 0 unspecified atom stereocenters. The molecule has 114 valence electrons. The molecule has 0 saturated heterocycles. The van der Waals surface area contributed by atoms with E-state index < -0.39 is 23.8 Å². The number of hydrogen-bond acceptors (Lipinski definition) is 2. The van der Waals surface area contributed by atoms with E-state index in [1.807, 2.05) is 0 Å². The highest BCUT2D eigenvalue weighted by Gasteiger charge is 2.39. The van der Waals surface area contributed by atoms with Gasteiger partial charge >= 0.3 is 6.18 Å². The molecule has 0 fully saturated rings. The SMILES string of the molecule is C[C@@H]1Nc2ccccc2C(=O)N1c1ccccc1C(F)(F)F. The summed E-state index contributed by atoms with van der Waals surface area (Å²) in [6, 6.07) is 11.9. The van der Waals surface area contributed by atoms with Gasteiger partial charge in [0, 0.05) is 5.69 Å². The van der Waals surface area contributed by atoms with E-state index >= 15 is 0 Å². The third kappa shape index (κ3) is 2.30. The van der Waals surface area contributed by atoms with E-state index in [0.29, 0.717) is 11.3 Å². The van der Waals surface area contributed by atoms with Crippen molar-refractivity contribution in [2.24, 2.45) is 0 Å². The second kappa shape index (κ2) is 5.05. The molecule has 2 aromatic rings. The van der Waals surface area contributed by atoms with Crippen LogP contribution in [0.15, 0.2) is 48.5 Å². The summed E-state index contributed by atoms with van der Waals surface area (Å²) in [6.45, 7) is 1.65. The quantitative estimate of drug-likeness (QED) is 0.859. The Balaban J connectivity index is 2.12. The van der Waals surface area contributed by atoms with Gasteiger partial charge in [-0.1, -0.05) is 24.3 Å². The summed E-state index contributed by atoms with van der Waals surface area (Å²) < 4.78 is 39.6. The second-order valence-electron chi connectivity index (χ2n) is 5.06. The number of carbonyl (C=O) groups excluding carboxylic acids is 1. The van der Waals surface area contributed by atoms with E-state index in [0.717, 1.165) is 11.0 Å². The predicted molar refractivity (Wildman–Crippen MR) is 77.8 cm³/mol. The summed E-state index contributed by atoms with van der Waals surface area (Å²) in [5.74, 6) is -0.446. The van der Waals surface area contributed by atoms with Gasteiger partial charge in [-0.25, -0.2) is 0 Å². The number of anilines is 2. The van der Waals surface area contributed by atoms with Gasteiger partial charge in [-0.15, -0.1) is 0 Å². The average molecular weight is 306 g/mol. The van der Waals surface area contributed by atoms with E-state index in [1.165, 1.54) is 18.2 Å². The third-order valence-corrected chi connectivity index (χ3v) is 3.60. The molecule has 0 aliphatic carbocycles. The topological polar surface area (TPSA) is 32.3 Å². The Kier molecular flexibility index (Phi) is 3.31. The van der Waals surface area contributed by atoms with E-state index in [9.17, 15) is 18.0 Å². The van der Waals surface area contributed by atoms with Crippen LogP contribution in [0.25, 0.3) is 0 Å². The number of rotatable bonds is 1. The normalized spacial score (nSPS) is 17.9. The Bertz CT molecular complexity index is 727. The fraction of sp³-hybridized carbons (Fsp3) is 0.188. The molecule has 0 aromatic heterocycles. The summed E-state index contributed by atoms with van der Waals surface area (Å²) in [5, 5.41) is 3.06. The zero-order valence-corrected chi connectivity index (χ0v) is 11.7. The lowest BCUT2D eigenvalue weighted by Crippen LogP contribution is -2.48. The summed E-state index contributed by atoms with van der Waals surface area (Å²) >= 11 is 0. The molecule has 1 aliphatic rings. The summed E-state index contributed by atoms with van der Waals surface area (Å²) in [5.41, 5.74) is 0.0178. The van der Waals surface area contributed by atoms with E-state index in [4.69, 9.17) is 0 Å². The summed E-state index contributed by atoms with van der Waals surface area (Å²) in [7, 11) is 0. The van der Waals surface area contributed by atoms with Crippen molar-refractivity contribution < 1.29 is 18.0 Å². The van der Waals surface area contributed by atoms with Crippen molar-refractivity contribution in [1.29, 1.82) is 0 Å². The van der Waals surface area contributed by atoms with Gasteiger partial charge in [0.15, 0.2) is 0 Å². The number of nitrogens with zero attached hydrogens (tertiary/aromatic N) is 1. The van der Waals surface area contributed by atoms with Crippen molar-refractivity contribution in [2.75, 3.05) is 10.2 Å². The van der Waals surface area contributed by atoms with Gasteiger partial charge in [-0.05, 0) is 31.2 Å². The van der Waals surface area contributed by atoms with Gasteiger partial charge in [0.1, 0.15) is 6.17 Å². The largest absolute Gasteiger partial charge is 0.418 e. The van der Waals surface area contributed by atoms with Crippen LogP contribution < -0.4 is 10.2 Å². The van der Waals surface area contributed by atoms with E-state index in [2.05, 4.69) is 5.32 Å². The Morgan fingerprint density at radius 3 is 2.41 bits per heavy atom. The highest BCUT2D eigenvalue weighted by molar-refractivity contribution is 6.12. The summed E-state index contributed by atoms with van der Waals surface area (Å²) in [6.07, 6.45) is -5.10. The average Bonchev–Trinajstić information content (AvgIpc) is 2.47. The fourth-order valence-electron chi connectivity index (χ4n) is 2.63. The minimum absolute atomic E-state index is 0.144. The maximum Gasteiger partial charge on any atom is 0.418 e. The molecule has 1 amide bonds. The molecule has 3 nitrogen and oxygen atoms in total. The first kappa shape index (κ1) is 14.4. The maximum atomic E-state index is 13.2. The molecular weight excluding hydrogens is 293 g/mol. The highest BCUT2D eigenvalue weighted by atomic mass is 19.4. The van der Waals surface area contributed by atoms with Crippen molar-refractivity contribution in [3.05, 3.63) is 59.7 Å². The predicted octanol–water partition coefficient (Wildman–Crippen LogP) is 4.12. The minimum atomic E-state index is -4.52. The van der Waals surface area contributed by atoms with Crippen LogP contribution in [0.1, 0.15) is 22.8 Å². The minimum Gasteiger partial charge on any atom is -0.364 e. The molecular formula is C16H13F3N2O. The van der Waals surface area contributed by atoms with Gasteiger partial charge in [0.2, 0.25) is 0 Å². The van der Waals surface area contributed by atoms with E-state index in [-0.39, 0.29) is 5.69 Å². The Morgan fingerprint density at radius 1 is 1.05 bits per heavy atom. The number of fused-ring (bicyclic) bond motifs is 1. The molecule has 2 aromatic carbocycles. The Morgan fingerprint density at radius 2 is 1.68 bits per heavy atom. The van der Waals surface area contributed by atoms with Crippen molar-refractivity contribution >= 4 is 17.3 Å². The number of hydrogen-bond donors (Lipinski definition) is 1. The first-order chi connectivity index (χ1) is 10.4. The van der Waals surface area contributed by atoms with Crippen molar-refractivity contribution in [2.45, 2.75) is 19.3 Å². The number of alkyl halides is 3. The molecule has 0 saturated carbocycles.